The minimum absolute atomic E-state index is 0.0319. The third-order valence-corrected chi connectivity index (χ3v) is 5.14. The SMILES string of the molecule is O=C(O)c1cc2c(-c3ccnc(NCCO)c3)nccc2n1CCOc1ccc(OC(F)(F)F)cc1. The summed E-state index contributed by atoms with van der Waals surface area (Å²) in [6.07, 6.45) is -1.63. The summed E-state index contributed by atoms with van der Waals surface area (Å²) in [5.41, 5.74) is 1.92. The highest BCUT2D eigenvalue weighted by Crippen LogP contribution is 2.30. The lowest BCUT2D eigenvalue weighted by molar-refractivity contribution is -0.274. The van der Waals surface area contributed by atoms with Crippen LogP contribution in [0.25, 0.3) is 22.2 Å². The lowest BCUT2D eigenvalue weighted by Crippen LogP contribution is -2.17. The Morgan fingerprint density at radius 1 is 1.03 bits per heavy atom. The highest BCUT2D eigenvalue weighted by atomic mass is 19.4. The number of carboxylic acids is 1. The zero-order chi connectivity index (χ0) is 25.7. The summed E-state index contributed by atoms with van der Waals surface area (Å²) in [6, 6.07) is 11.7. The zero-order valence-corrected chi connectivity index (χ0v) is 18.7. The Labute approximate surface area is 202 Å². The molecule has 4 aromatic rings. The van der Waals surface area contributed by atoms with Gasteiger partial charge in [0.25, 0.3) is 0 Å². The molecule has 0 bridgehead atoms. The molecule has 0 aliphatic heterocycles. The second-order valence-corrected chi connectivity index (χ2v) is 7.53. The van der Waals surface area contributed by atoms with E-state index in [-0.39, 0.29) is 31.2 Å². The van der Waals surface area contributed by atoms with Crippen molar-refractivity contribution in [2.24, 2.45) is 0 Å². The maximum Gasteiger partial charge on any atom is 0.573 e. The minimum atomic E-state index is -4.79. The number of rotatable bonds is 10. The number of halogens is 3. The van der Waals surface area contributed by atoms with Gasteiger partial charge in [0, 0.05) is 29.9 Å². The van der Waals surface area contributed by atoms with E-state index in [0.29, 0.717) is 40.3 Å². The molecule has 3 N–H and O–H groups in total. The first kappa shape index (κ1) is 24.8. The first-order valence-corrected chi connectivity index (χ1v) is 10.8. The van der Waals surface area contributed by atoms with E-state index in [1.54, 1.807) is 35.2 Å². The predicted molar refractivity (Wildman–Crippen MR) is 124 cm³/mol. The monoisotopic (exact) mass is 502 g/mol. The number of hydrogen-bond acceptors (Lipinski definition) is 7. The number of aliphatic hydroxyl groups excluding tert-OH is 1. The third-order valence-electron chi connectivity index (χ3n) is 5.14. The first-order chi connectivity index (χ1) is 17.2. The van der Waals surface area contributed by atoms with Crippen molar-refractivity contribution >= 4 is 22.7 Å². The fourth-order valence-electron chi connectivity index (χ4n) is 3.68. The highest BCUT2D eigenvalue weighted by molar-refractivity contribution is 6.00. The number of anilines is 1. The Morgan fingerprint density at radius 2 is 1.75 bits per heavy atom. The number of nitrogens with one attached hydrogen (secondary N) is 1. The quantitative estimate of drug-likeness (QED) is 0.296. The zero-order valence-electron chi connectivity index (χ0n) is 18.7. The average molecular weight is 502 g/mol. The van der Waals surface area contributed by atoms with Gasteiger partial charge in [-0.25, -0.2) is 9.78 Å². The summed E-state index contributed by atoms with van der Waals surface area (Å²) in [6.45, 7) is 0.491. The number of aliphatic hydroxyl groups is 1. The Balaban J connectivity index is 1.56. The second kappa shape index (κ2) is 10.5. The van der Waals surface area contributed by atoms with Crippen LogP contribution in [0.1, 0.15) is 10.5 Å². The molecule has 9 nitrogen and oxygen atoms in total. The van der Waals surface area contributed by atoms with Gasteiger partial charge in [-0.2, -0.15) is 0 Å². The topological polar surface area (TPSA) is 119 Å². The Kier molecular flexibility index (Phi) is 7.25. The van der Waals surface area contributed by atoms with Gasteiger partial charge in [0.2, 0.25) is 0 Å². The van der Waals surface area contributed by atoms with E-state index >= 15 is 0 Å². The van der Waals surface area contributed by atoms with Gasteiger partial charge < -0.3 is 29.6 Å². The normalized spacial score (nSPS) is 11.4. The van der Waals surface area contributed by atoms with Gasteiger partial charge in [0.15, 0.2) is 0 Å². The number of ether oxygens (including phenoxy) is 2. The van der Waals surface area contributed by atoms with Crippen LogP contribution in [0.15, 0.2) is 60.9 Å². The first-order valence-electron chi connectivity index (χ1n) is 10.8. The molecule has 0 radical (unpaired) electrons. The maximum absolute atomic E-state index is 12.3. The summed E-state index contributed by atoms with van der Waals surface area (Å²) in [4.78, 5) is 20.6. The van der Waals surface area contributed by atoms with E-state index in [4.69, 9.17) is 9.84 Å². The van der Waals surface area contributed by atoms with Crippen LogP contribution >= 0.6 is 0 Å². The molecule has 3 heterocycles. The minimum Gasteiger partial charge on any atom is -0.492 e. The van der Waals surface area contributed by atoms with Gasteiger partial charge in [-0.3, -0.25) is 4.98 Å². The number of carbonyl (C=O) groups is 1. The number of benzene rings is 1. The lowest BCUT2D eigenvalue weighted by atomic mass is 10.1. The molecule has 188 valence electrons. The molecule has 12 heteroatoms. The molecule has 3 aromatic heterocycles. The van der Waals surface area contributed by atoms with E-state index in [9.17, 15) is 23.1 Å². The average Bonchev–Trinajstić information content (AvgIpc) is 3.22. The van der Waals surface area contributed by atoms with E-state index < -0.39 is 12.3 Å². The molecule has 0 fully saturated rings. The van der Waals surface area contributed by atoms with Crippen molar-refractivity contribution in [3.63, 3.8) is 0 Å². The van der Waals surface area contributed by atoms with E-state index in [2.05, 4.69) is 20.0 Å². The molecular formula is C24H21F3N4O5. The summed E-state index contributed by atoms with van der Waals surface area (Å²) < 4.78 is 48.0. The number of pyridine rings is 2. The van der Waals surface area contributed by atoms with E-state index in [1.165, 1.54) is 18.2 Å². The molecule has 0 unspecified atom stereocenters. The van der Waals surface area contributed by atoms with Crippen LogP contribution in [0.3, 0.4) is 0 Å². The van der Waals surface area contributed by atoms with Gasteiger partial charge in [-0.15, -0.1) is 13.2 Å². The predicted octanol–water partition coefficient (Wildman–Crippen LogP) is 4.18. The molecule has 0 atom stereocenters. The third kappa shape index (κ3) is 5.84. The number of fused-ring (bicyclic) bond motifs is 1. The van der Waals surface area contributed by atoms with Crippen LogP contribution in [0.5, 0.6) is 11.5 Å². The van der Waals surface area contributed by atoms with Crippen LogP contribution < -0.4 is 14.8 Å². The number of aromatic nitrogens is 3. The number of aromatic carboxylic acids is 1. The number of nitrogens with zero attached hydrogens (tertiary/aromatic N) is 3. The lowest BCUT2D eigenvalue weighted by Gasteiger charge is -2.12. The van der Waals surface area contributed by atoms with Crippen LogP contribution in [0.4, 0.5) is 19.0 Å². The highest BCUT2D eigenvalue weighted by Gasteiger charge is 2.31. The van der Waals surface area contributed by atoms with Gasteiger partial charge in [-0.05, 0) is 48.5 Å². The van der Waals surface area contributed by atoms with Crippen LogP contribution in [-0.4, -0.2) is 56.8 Å². The van der Waals surface area contributed by atoms with E-state index in [1.807, 2.05) is 0 Å². The van der Waals surface area contributed by atoms with Crippen molar-refractivity contribution in [2.75, 3.05) is 25.1 Å². The van der Waals surface area contributed by atoms with Crippen LogP contribution in [0.2, 0.25) is 0 Å². The van der Waals surface area contributed by atoms with Crippen LogP contribution in [0, 0.1) is 0 Å². The van der Waals surface area contributed by atoms with Gasteiger partial charge in [0.1, 0.15) is 29.6 Å². The van der Waals surface area contributed by atoms with Crippen molar-refractivity contribution in [3.8, 4) is 22.8 Å². The number of carboxylic acid groups (broad SMARTS) is 1. The van der Waals surface area contributed by atoms with Crippen molar-refractivity contribution in [1.82, 2.24) is 14.5 Å². The molecule has 0 aliphatic carbocycles. The van der Waals surface area contributed by atoms with Crippen LogP contribution in [-0.2, 0) is 6.54 Å². The summed E-state index contributed by atoms with van der Waals surface area (Å²) in [5.74, 6) is -0.658. The van der Waals surface area contributed by atoms with E-state index in [0.717, 1.165) is 12.1 Å². The largest absolute Gasteiger partial charge is 0.573 e. The van der Waals surface area contributed by atoms with Crippen molar-refractivity contribution < 1.29 is 37.7 Å². The molecule has 0 spiro atoms. The number of hydrogen-bond donors (Lipinski definition) is 3. The smallest absolute Gasteiger partial charge is 0.492 e. The van der Waals surface area contributed by atoms with Crippen molar-refractivity contribution in [3.05, 3.63) is 66.6 Å². The molecular weight excluding hydrogens is 481 g/mol. The van der Waals surface area contributed by atoms with Gasteiger partial charge >= 0.3 is 12.3 Å². The molecule has 0 saturated heterocycles. The fourth-order valence-corrected chi connectivity index (χ4v) is 3.68. The Bertz CT molecular complexity index is 1360. The summed E-state index contributed by atoms with van der Waals surface area (Å²) in [5, 5.41) is 22.4. The molecule has 4 rings (SSSR count). The molecule has 0 amide bonds. The van der Waals surface area contributed by atoms with Crippen molar-refractivity contribution in [1.29, 1.82) is 0 Å². The fraction of sp³-hybridized carbons (Fsp3) is 0.208. The molecule has 0 aliphatic rings. The Hall–Kier alpha value is -4.32. The maximum atomic E-state index is 12.3. The van der Waals surface area contributed by atoms with Gasteiger partial charge in [-0.1, -0.05) is 0 Å². The molecule has 36 heavy (non-hydrogen) atoms. The van der Waals surface area contributed by atoms with Gasteiger partial charge in [0.05, 0.1) is 24.4 Å². The summed E-state index contributed by atoms with van der Waals surface area (Å²) >= 11 is 0. The second-order valence-electron chi connectivity index (χ2n) is 7.53. The van der Waals surface area contributed by atoms with Crippen molar-refractivity contribution in [2.45, 2.75) is 12.9 Å². The molecule has 1 aromatic carbocycles. The Morgan fingerprint density at radius 3 is 2.44 bits per heavy atom. The standard InChI is InChI=1S/C24H21F3N4O5/c25-24(26,27)36-17-3-1-16(2-4-17)35-12-10-31-19-6-8-30-22(18(19)14-20(31)23(33)34)15-5-7-28-21(13-15)29-9-11-32/h1-8,13-14,32H,9-12H2,(H,28,29)(H,33,34). The molecule has 0 saturated carbocycles. The number of alkyl halides is 3. The summed E-state index contributed by atoms with van der Waals surface area (Å²) in [7, 11) is 0.